The summed E-state index contributed by atoms with van der Waals surface area (Å²) in [6.45, 7) is 2.50. The average Bonchev–Trinajstić information content (AvgIpc) is 3.19. The number of carbonyl (C=O) groups is 2. The Kier molecular flexibility index (Phi) is 4.88. The van der Waals surface area contributed by atoms with Crippen LogP contribution in [-0.4, -0.2) is 45.0 Å². The third kappa shape index (κ3) is 3.20. The smallest absolute Gasteiger partial charge is 0.240 e. The lowest BCUT2D eigenvalue weighted by Gasteiger charge is -2.33. The van der Waals surface area contributed by atoms with E-state index in [1.807, 2.05) is 6.92 Å². The van der Waals surface area contributed by atoms with Crippen LogP contribution in [0.1, 0.15) is 41.9 Å². The highest BCUT2D eigenvalue weighted by atomic mass is 32.2. The minimum absolute atomic E-state index is 0.0326. The van der Waals surface area contributed by atoms with Gasteiger partial charge in [-0.1, -0.05) is 11.8 Å². The molecule has 1 fully saturated rings. The number of aryl methyl sites for hydroxylation is 3. The van der Waals surface area contributed by atoms with Crippen LogP contribution in [0, 0.1) is 6.92 Å². The van der Waals surface area contributed by atoms with Crippen LogP contribution in [0.15, 0.2) is 5.03 Å². The van der Waals surface area contributed by atoms with Gasteiger partial charge >= 0.3 is 0 Å². The van der Waals surface area contributed by atoms with Crippen molar-refractivity contribution in [2.24, 2.45) is 5.73 Å². The van der Waals surface area contributed by atoms with Crippen molar-refractivity contribution >= 4 is 45.1 Å². The number of piperidine rings is 1. The largest absolute Gasteiger partial charge is 0.368 e. The maximum absolute atomic E-state index is 12.7. The molecule has 1 aliphatic heterocycles. The lowest BCUT2D eigenvalue weighted by atomic mass is 10.0. The topological polar surface area (TPSA) is 89.2 Å². The molecule has 138 valence electrons. The zero-order chi connectivity index (χ0) is 18.3. The van der Waals surface area contributed by atoms with Gasteiger partial charge < -0.3 is 10.6 Å². The molecule has 2 amide bonds. The lowest BCUT2D eigenvalue weighted by Crippen LogP contribution is -2.51. The van der Waals surface area contributed by atoms with Gasteiger partial charge in [0.05, 0.1) is 5.75 Å². The third-order valence-corrected chi connectivity index (χ3v) is 7.27. The van der Waals surface area contributed by atoms with Crippen molar-refractivity contribution < 1.29 is 9.59 Å². The van der Waals surface area contributed by atoms with Crippen molar-refractivity contribution in [1.82, 2.24) is 14.9 Å². The highest BCUT2D eigenvalue weighted by Gasteiger charge is 2.31. The van der Waals surface area contributed by atoms with Gasteiger partial charge in [0.25, 0.3) is 0 Å². The molecule has 3 heterocycles. The van der Waals surface area contributed by atoms with E-state index in [0.717, 1.165) is 46.8 Å². The number of nitrogens with zero attached hydrogens (tertiary/aromatic N) is 3. The number of primary amides is 1. The van der Waals surface area contributed by atoms with Gasteiger partial charge in [-0.2, -0.15) is 0 Å². The number of carbonyl (C=O) groups excluding carboxylic acids is 2. The summed E-state index contributed by atoms with van der Waals surface area (Å²) in [7, 11) is 0. The van der Waals surface area contributed by atoms with E-state index in [1.165, 1.54) is 28.6 Å². The summed E-state index contributed by atoms with van der Waals surface area (Å²) >= 11 is 3.22. The Morgan fingerprint density at radius 1 is 1.27 bits per heavy atom. The summed E-state index contributed by atoms with van der Waals surface area (Å²) in [4.78, 5) is 37.7. The Morgan fingerprint density at radius 2 is 2.12 bits per heavy atom. The van der Waals surface area contributed by atoms with E-state index in [1.54, 1.807) is 16.2 Å². The molecule has 2 N–H and O–H groups in total. The fourth-order valence-corrected chi connectivity index (χ4v) is 6.27. The van der Waals surface area contributed by atoms with E-state index in [4.69, 9.17) is 5.73 Å². The van der Waals surface area contributed by atoms with Crippen molar-refractivity contribution in [3.8, 4) is 0 Å². The fourth-order valence-electron chi connectivity index (χ4n) is 3.91. The normalized spacial score (nSPS) is 19.7. The minimum Gasteiger partial charge on any atom is -0.368 e. The van der Waals surface area contributed by atoms with Crippen LogP contribution in [-0.2, 0) is 22.4 Å². The second kappa shape index (κ2) is 7.15. The van der Waals surface area contributed by atoms with Crippen LogP contribution < -0.4 is 5.73 Å². The van der Waals surface area contributed by atoms with Gasteiger partial charge in [0.2, 0.25) is 11.8 Å². The van der Waals surface area contributed by atoms with Gasteiger partial charge in [-0.05, 0) is 51.0 Å². The molecule has 1 saturated heterocycles. The van der Waals surface area contributed by atoms with Gasteiger partial charge in [-0.15, -0.1) is 11.3 Å². The molecular weight excluding hydrogens is 368 g/mol. The number of aromatic nitrogens is 2. The van der Waals surface area contributed by atoms with Crippen molar-refractivity contribution in [1.29, 1.82) is 0 Å². The number of thioether (sulfide) groups is 1. The zero-order valence-electron chi connectivity index (χ0n) is 14.8. The van der Waals surface area contributed by atoms with E-state index in [9.17, 15) is 9.59 Å². The molecule has 26 heavy (non-hydrogen) atoms. The molecule has 6 nitrogen and oxygen atoms in total. The third-order valence-electron chi connectivity index (χ3n) is 5.13. The summed E-state index contributed by atoms with van der Waals surface area (Å²) in [6, 6.07) is -0.464. The molecule has 0 saturated carbocycles. The number of hydrogen-bond acceptors (Lipinski definition) is 6. The van der Waals surface area contributed by atoms with E-state index in [-0.39, 0.29) is 11.7 Å². The first-order valence-electron chi connectivity index (χ1n) is 9.05. The Morgan fingerprint density at radius 3 is 2.92 bits per heavy atom. The predicted octanol–water partition coefficient (Wildman–Crippen LogP) is 2.45. The maximum atomic E-state index is 12.7. The van der Waals surface area contributed by atoms with Crippen LogP contribution >= 0.6 is 23.1 Å². The second-order valence-electron chi connectivity index (χ2n) is 6.90. The SMILES string of the molecule is Cc1nc(SCC(=O)N2CCCC[C@H]2C(N)=O)c2c3c(sc2n1)CCC3. The number of thiophene rings is 1. The van der Waals surface area contributed by atoms with Crippen molar-refractivity contribution in [3.63, 3.8) is 0 Å². The number of fused-ring (bicyclic) bond motifs is 3. The monoisotopic (exact) mass is 390 g/mol. The molecule has 2 aromatic rings. The van der Waals surface area contributed by atoms with E-state index >= 15 is 0 Å². The molecule has 2 aromatic heterocycles. The van der Waals surface area contributed by atoms with Crippen LogP contribution in [0.4, 0.5) is 0 Å². The molecule has 4 rings (SSSR count). The van der Waals surface area contributed by atoms with Crippen LogP contribution in [0.25, 0.3) is 10.2 Å². The summed E-state index contributed by atoms with van der Waals surface area (Å²) < 4.78 is 0. The lowest BCUT2D eigenvalue weighted by molar-refractivity contribution is -0.138. The number of rotatable bonds is 4. The molecule has 0 unspecified atom stereocenters. The summed E-state index contributed by atoms with van der Waals surface area (Å²) in [5, 5.41) is 2.03. The van der Waals surface area contributed by atoms with Crippen LogP contribution in [0.3, 0.4) is 0 Å². The molecule has 1 atom stereocenters. The van der Waals surface area contributed by atoms with E-state index < -0.39 is 11.9 Å². The zero-order valence-corrected chi connectivity index (χ0v) is 16.4. The Labute approximate surface area is 160 Å². The minimum atomic E-state index is -0.464. The van der Waals surface area contributed by atoms with E-state index in [0.29, 0.717) is 13.0 Å². The Balaban J connectivity index is 1.56. The highest BCUT2D eigenvalue weighted by molar-refractivity contribution is 8.00. The molecule has 0 spiro atoms. The Hall–Kier alpha value is -1.67. The summed E-state index contributed by atoms with van der Waals surface area (Å²) in [5.41, 5.74) is 6.85. The molecule has 0 aromatic carbocycles. The molecule has 8 heteroatoms. The molecule has 2 aliphatic rings. The molecular formula is C18H22N4O2S2. The number of amides is 2. The first kappa shape index (κ1) is 17.7. The average molecular weight is 391 g/mol. The van der Waals surface area contributed by atoms with Crippen molar-refractivity contribution in [3.05, 3.63) is 16.3 Å². The van der Waals surface area contributed by atoms with Gasteiger partial charge in [0.15, 0.2) is 0 Å². The van der Waals surface area contributed by atoms with Crippen LogP contribution in [0.2, 0.25) is 0 Å². The standard InChI is InChI=1S/C18H22N4O2S2/c1-10-20-17(15-11-5-4-7-13(11)26-18(15)21-10)25-9-14(23)22-8-3-2-6-12(22)16(19)24/h12H,2-9H2,1H3,(H2,19,24)/t12-/m0/s1. The summed E-state index contributed by atoms with van der Waals surface area (Å²) in [5.74, 6) is 0.578. The van der Waals surface area contributed by atoms with Gasteiger partial charge in [-0.3, -0.25) is 9.59 Å². The van der Waals surface area contributed by atoms with Gasteiger partial charge in [0, 0.05) is 16.8 Å². The fraction of sp³-hybridized carbons (Fsp3) is 0.556. The maximum Gasteiger partial charge on any atom is 0.240 e. The predicted molar refractivity (Wildman–Crippen MR) is 103 cm³/mol. The summed E-state index contributed by atoms with van der Waals surface area (Å²) in [6.07, 6.45) is 5.90. The Bertz CT molecular complexity index is 880. The van der Waals surface area contributed by atoms with Gasteiger partial charge in [0.1, 0.15) is 21.7 Å². The van der Waals surface area contributed by atoms with Crippen molar-refractivity contribution in [2.45, 2.75) is 56.5 Å². The number of nitrogens with two attached hydrogens (primary N) is 1. The van der Waals surface area contributed by atoms with E-state index in [2.05, 4.69) is 9.97 Å². The second-order valence-corrected chi connectivity index (χ2v) is 8.95. The number of hydrogen-bond donors (Lipinski definition) is 1. The first-order valence-corrected chi connectivity index (χ1v) is 10.9. The number of likely N-dealkylation sites (tertiary alicyclic amines) is 1. The highest BCUT2D eigenvalue weighted by Crippen LogP contribution is 2.40. The van der Waals surface area contributed by atoms with Crippen molar-refractivity contribution in [2.75, 3.05) is 12.3 Å². The molecule has 0 bridgehead atoms. The quantitative estimate of drug-likeness (QED) is 0.640. The van der Waals surface area contributed by atoms with Gasteiger partial charge in [-0.25, -0.2) is 9.97 Å². The molecule has 0 radical (unpaired) electrons. The van der Waals surface area contributed by atoms with Crippen LogP contribution in [0.5, 0.6) is 0 Å². The first-order chi connectivity index (χ1) is 12.5. The molecule has 1 aliphatic carbocycles.